The van der Waals surface area contributed by atoms with Gasteiger partial charge in [0.1, 0.15) is 24.6 Å². The number of methoxy groups -OCH3 is 1. The highest BCUT2D eigenvalue weighted by atomic mass is 16.6. The maximum atomic E-state index is 11.2. The molecule has 1 aliphatic rings. The number of anilines is 1. The van der Waals surface area contributed by atoms with Crippen molar-refractivity contribution < 1.29 is 34.3 Å². The Bertz CT molecular complexity index is 1120. The molecule has 1 aromatic carbocycles. The van der Waals surface area contributed by atoms with Crippen molar-refractivity contribution in [1.82, 2.24) is 19.5 Å². The Kier molecular flexibility index (Phi) is 6.19. The molecule has 1 aliphatic heterocycles. The topological polar surface area (TPSA) is 161 Å². The molecular formula is C20H23N5O7. The van der Waals surface area contributed by atoms with Crippen LogP contribution in [-0.4, -0.2) is 72.8 Å². The molecule has 0 aliphatic carbocycles. The fraction of sp³-hybridized carbons (Fsp3) is 0.400. The molecule has 0 amide bonds. The van der Waals surface area contributed by atoms with Crippen molar-refractivity contribution in [3.63, 3.8) is 0 Å². The molecule has 0 radical (unpaired) electrons. The molecule has 12 nitrogen and oxygen atoms in total. The van der Waals surface area contributed by atoms with Crippen LogP contribution in [0.2, 0.25) is 0 Å². The number of aromatic nitrogens is 4. The lowest BCUT2D eigenvalue weighted by atomic mass is 10.1. The third kappa shape index (κ3) is 4.08. The quantitative estimate of drug-likeness (QED) is 0.286. The number of rotatable bonds is 7. The summed E-state index contributed by atoms with van der Waals surface area (Å²) in [5, 5.41) is 32.8. The standard InChI is InChI=1S/C20H23N5O7/c1-10(27)31-12-4-3-11(5-13(12)30-2)6-21-18-15-19(23-8-22-18)25(9-24-15)20-17(29)16(28)14(7-26)32-20/h3-5,8-9,14,16-17,20,26,28-29H,6-7H2,1-2H3,(H,21,22,23)/t14-,16+,17?,20-/m1/s1. The van der Waals surface area contributed by atoms with Gasteiger partial charge in [0.25, 0.3) is 0 Å². The van der Waals surface area contributed by atoms with Crippen LogP contribution in [0.1, 0.15) is 18.7 Å². The minimum Gasteiger partial charge on any atom is -0.493 e. The average Bonchev–Trinajstić information content (AvgIpc) is 3.34. The summed E-state index contributed by atoms with van der Waals surface area (Å²) in [6, 6.07) is 5.16. The summed E-state index contributed by atoms with van der Waals surface area (Å²) >= 11 is 0. The van der Waals surface area contributed by atoms with E-state index in [9.17, 15) is 20.1 Å². The second-order valence-electron chi connectivity index (χ2n) is 7.21. The lowest BCUT2D eigenvalue weighted by molar-refractivity contribution is -0.132. The Balaban J connectivity index is 1.55. The first kappa shape index (κ1) is 21.9. The second-order valence-corrected chi connectivity index (χ2v) is 7.21. The number of aliphatic hydroxyl groups excluding tert-OH is 3. The highest BCUT2D eigenvalue weighted by Gasteiger charge is 2.44. The fourth-order valence-corrected chi connectivity index (χ4v) is 3.52. The van der Waals surface area contributed by atoms with Crippen molar-refractivity contribution in [3.8, 4) is 11.5 Å². The first-order valence-corrected chi connectivity index (χ1v) is 9.82. The lowest BCUT2D eigenvalue weighted by Crippen LogP contribution is -2.33. The van der Waals surface area contributed by atoms with Crippen molar-refractivity contribution in [3.05, 3.63) is 36.4 Å². The highest BCUT2D eigenvalue weighted by Crippen LogP contribution is 2.32. The summed E-state index contributed by atoms with van der Waals surface area (Å²) in [5.74, 6) is 0.747. The van der Waals surface area contributed by atoms with Gasteiger partial charge in [0.2, 0.25) is 0 Å². The number of carbonyl (C=O) groups is 1. The van der Waals surface area contributed by atoms with E-state index < -0.39 is 37.1 Å². The van der Waals surface area contributed by atoms with Crippen LogP contribution in [0.4, 0.5) is 5.82 Å². The average molecular weight is 445 g/mol. The number of carbonyl (C=O) groups excluding carboxylic acids is 1. The van der Waals surface area contributed by atoms with E-state index in [1.807, 2.05) is 0 Å². The van der Waals surface area contributed by atoms with E-state index in [2.05, 4.69) is 20.3 Å². The first-order valence-electron chi connectivity index (χ1n) is 9.82. The molecule has 0 spiro atoms. The van der Waals surface area contributed by atoms with Crippen LogP contribution in [0.5, 0.6) is 11.5 Å². The molecule has 4 N–H and O–H groups in total. The summed E-state index contributed by atoms with van der Waals surface area (Å²) in [6.45, 7) is 1.25. The van der Waals surface area contributed by atoms with Crippen LogP contribution >= 0.6 is 0 Å². The van der Waals surface area contributed by atoms with Gasteiger partial charge in [-0.2, -0.15) is 0 Å². The van der Waals surface area contributed by atoms with Gasteiger partial charge in [-0.1, -0.05) is 6.07 Å². The molecule has 32 heavy (non-hydrogen) atoms. The van der Waals surface area contributed by atoms with E-state index in [4.69, 9.17) is 14.2 Å². The minimum absolute atomic E-state index is 0.324. The number of imidazole rings is 1. The summed E-state index contributed by atoms with van der Waals surface area (Å²) in [5.41, 5.74) is 1.67. The van der Waals surface area contributed by atoms with Gasteiger partial charge in [0.15, 0.2) is 34.7 Å². The number of hydrogen-bond acceptors (Lipinski definition) is 11. The normalized spacial score (nSPS) is 22.8. The molecule has 2 aromatic heterocycles. The van der Waals surface area contributed by atoms with E-state index in [1.165, 1.54) is 31.3 Å². The summed E-state index contributed by atoms with van der Waals surface area (Å²) in [6.07, 6.45) is -1.56. The number of fused-ring (bicyclic) bond motifs is 1. The molecular weight excluding hydrogens is 422 g/mol. The Morgan fingerprint density at radius 1 is 1.22 bits per heavy atom. The van der Waals surface area contributed by atoms with Gasteiger partial charge in [-0.25, -0.2) is 15.0 Å². The Morgan fingerprint density at radius 2 is 2.03 bits per heavy atom. The molecule has 3 heterocycles. The summed E-state index contributed by atoms with van der Waals surface area (Å²) in [4.78, 5) is 24.0. The number of ether oxygens (including phenoxy) is 3. The zero-order valence-electron chi connectivity index (χ0n) is 17.4. The van der Waals surface area contributed by atoms with Crippen molar-refractivity contribution in [2.75, 3.05) is 19.0 Å². The van der Waals surface area contributed by atoms with Gasteiger partial charge < -0.3 is 34.8 Å². The molecule has 0 bridgehead atoms. The monoisotopic (exact) mass is 445 g/mol. The smallest absolute Gasteiger partial charge is 0.308 e. The summed E-state index contributed by atoms with van der Waals surface area (Å²) < 4.78 is 17.4. The van der Waals surface area contributed by atoms with E-state index in [-0.39, 0.29) is 0 Å². The summed E-state index contributed by atoms with van der Waals surface area (Å²) in [7, 11) is 1.48. The van der Waals surface area contributed by atoms with E-state index in [1.54, 1.807) is 18.2 Å². The molecule has 0 saturated carbocycles. The number of hydrogen-bond donors (Lipinski definition) is 4. The van der Waals surface area contributed by atoms with Crippen LogP contribution in [-0.2, 0) is 16.1 Å². The number of nitrogens with one attached hydrogen (secondary N) is 1. The molecule has 1 saturated heterocycles. The molecule has 12 heteroatoms. The predicted octanol–water partition coefficient (Wildman–Crippen LogP) is -0.0162. The third-order valence-electron chi connectivity index (χ3n) is 5.09. The Labute approximate surface area is 182 Å². The second kappa shape index (κ2) is 9.04. The predicted molar refractivity (Wildman–Crippen MR) is 110 cm³/mol. The maximum Gasteiger partial charge on any atom is 0.308 e. The number of nitrogens with zero attached hydrogens (tertiary/aromatic N) is 4. The van der Waals surface area contributed by atoms with Crippen LogP contribution in [0.15, 0.2) is 30.9 Å². The van der Waals surface area contributed by atoms with Crippen LogP contribution in [0.3, 0.4) is 0 Å². The van der Waals surface area contributed by atoms with Crippen molar-refractivity contribution >= 4 is 23.0 Å². The fourth-order valence-electron chi connectivity index (χ4n) is 3.52. The SMILES string of the molecule is COc1cc(CNc2ncnc3c2ncn3[C@@H]2O[C@H](CO)[C@H](O)C2O)ccc1OC(C)=O. The first-order chi connectivity index (χ1) is 15.4. The number of esters is 1. The molecule has 4 rings (SSSR count). The van der Waals surface area contributed by atoms with Crippen molar-refractivity contribution in [2.24, 2.45) is 0 Å². The molecule has 1 unspecified atom stereocenters. The van der Waals surface area contributed by atoms with Gasteiger partial charge in [-0.3, -0.25) is 9.36 Å². The molecule has 3 aromatic rings. The van der Waals surface area contributed by atoms with Gasteiger partial charge in [0.05, 0.1) is 20.0 Å². The van der Waals surface area contributed by atoms with Crippen molar-refractivity contribution in [2.45, 2.75) is 38.0 Å². The minimum atomic E-state index is -1.25. The Morgan fingerprint density at radius 3 is 2.72 bits per heavy atom. The maximum absolute atomic E-state index is 11.2. The third-order valence-corrected chi connectivity index (χ3v) is 5.09. The zero-order chi connectivity index (χ0) is 22.8. The number of benzene rings is 1. The lowest BCUT2D eigenvalue weighted by Gasteiger charge is -2.16. The highest BCUT2D eigenvalue weighted by molar-refractivity contribution is 5.82. The van der Waals surface area contributed by atoms with E-state index in [0.717, 1.165) is 5.56 Å². The van der Waals surface area contributed by atoms with Gasteiger partial charge in [-0.15, -0.1) is 0 Å². The van der Waals surface area contributed by atoms with E-state index >= 15 is 0 Å². The zero-order valence-corrected chi connectivity index (χ0v) is 17.4. The van der Waals surface area contributed by atoms with E-state index in [0.29, 0.717) is 35.0 Å². The van der Waals surface area contributed by atoms with Crippen LogP contribution in [0.25, 0.3) is 11.2 Å². The van der Waals surface area contributed by atoms with Gasteiger partial charge in [0, 0.05) is 13.5 Å². The number of aliphatic hydroxyl groups is 3. The van der Waals surface area contributed by atoms with Gasteiger partial charge >= 0.3 is 5.97 Å². The van der Waals surface area contributed by atoms with Crippen molar-refractivity contribution in [1.29, 1.82) is 0 Å². The molecule has 170 valence electrons. The van der Waals surface area contributed by atoms with Gasteiger partial charge in [-0.05, 0) is 17.7 Å². The Hall–Kier alpha value is -3.32. The molecule has 4 atom stereocenters. The van der Waals surface area contributed by atoms with Crippen LogP contribution < -0.4 is 14.8 Å². The van der Waals surface area contributed by atoms with Crippen LogP contribution in [0, 0.1) is 0 Å². The largest absolute Gasteiger partial charge is 0.493 e. The molecule has 1 fully saturated rings.